The van der Waals surface area contributed by atoms with Crippen molar-refractivity contribution in [2.24, 2.45) is 0 Å². The van der Waals surface area contributed by atoms with E-state index in [0.717, 1.165) is 48.7 Å². The Kier molecular flexibility index (Phi) is 4.58. The Hall–Kier alpha value is -3.22. The summed E-state index contributed by atoms with van der Waals surface area (Å²) in [5, 5.41) is 4.10. The fourth-order valence-corrected chi connectivity index (χ4v) is 3.22. The van der Waals surface area contributed by atoms with Gasteiger partial charge in [0.2, 0.25) is 11.7 Å². The Labute approximate surface area is 157 Å². The highest BCUT2D eigenvalue weighted by Gasteiger charge is 2.20. The highest BCUT2D eigenvalue weighted by atomic mass is 16.5. The van der Waals surface area contributed by atoms with Crippen LogP contribution >= 0.6 is 0 Å². The van der Waals surface area contributed by atoms with Crippen LogP contribution < -0.4 is 4.90 Å². The van der Waals surface area contributed by atoms with Crippen molar-refractivity contribution in [3.8, 4) is 22.8 Å². The Morgan fingerprint density at radius 1 is 1.07 bits per heavy atom. The maximum Gasteiger partial charge on any atom is 0.259 e. The van der Waals surface area contributed by atoms with Gasteiger partial charge in [-0.1, -0.05) is 29.4 Å². The van der Waals surface area contributed by atoms with Gasteiger partial charge in [0.15, 0.2) is 0 Å². The molecule has 3 heterocycles. The molecule has 0 saturated carbocycles. The second kappa shape index (κ2) is 7.19. The first kappa shape index (κ1) is 17.2. The van der Waals surface area contributed by atoms with E-state index in [9.17, 15) is 4.79 Å². The third-order valence-electron chi connectivity index (χ3n) is 4.86. The van der Waals surface area contributed by atoms with Gasteiger partial charge in [0.1, 0.15) is 5.82 Å². The molecule has 0 N–H and O–H groups in total. The Morgan fingerprint density at radius 3 is 2.52 bits per heavy atom. The molecule has 1 saturated heterocycles. The number of rotatable bonds is 3. The summed E-state index contributed by atoms with van der Waals surface area (Å²) >= 11 is 0. The highest BCUT2D eigenvalue weighted by molar-refractivity contribution is 5.73. The molecule has 1 aliphatic rings. The standard InChI is InChI=1S/C20H21N5O2/c1-14-5-3-4-6-17(14)19-22-20(27-23-19)16-7-8-18(21-13-16)25-11-9-24(10-12-25)15(2)26/h3-8,13H,9-12H2,1-2H3. The number of amides is 1. The van der Waals surface area contributed by atoms with Crippen LogP contribution in [0.3, 0.4) is 0 Å². The molecule has 2 aromatic heterocycles. The minimum atomic E-state index is 0.124. The van der Waals surface area contributed by atoms with E-state index >= 15 is 0 Å². The number of aryl methyl sites for hydroxylation is 1. The van der Waals surface area contributed by atoms with Gasteiger partial charge < -0.3 is 14.3 Å². The molecule has 138 valence electrons. The van der Waals surface area contributed by atoms with Crippen molar-refractivity contribution >= 4 is 11.7 Å². The first-order valence-corrected chi connectivity index (χ1v) is 8.98. The van der Waals surface area contributed by atoms with Crippen LogP contribution in [0.5, 0.6) is 0 Å². The lowest BCUT2D eigenvalue weighted by atomic mass is 10.1. The van der Waals surface area contributed by atoms with Crippen molar-refractivity contribution in [1.29, 1.82) is 0 Å². The zero-order valence-corrected chi connectivity index (χ0v) is 15.4. The van der Waals surface area contributed by atoms with Gasteiger partial charge in [-0.3, -0.25) is 4.79 Å². The largest absolute Gasteiger partial charge is 0.353 e. The summed E-state index contributed by atoms with van der Waals surface area (Å²) in [6.45, 7) is 6.64. The molecule has 1 aromatic carbocycles. The minimum Gasteiger partial charge on any atom is -0.353 e. The predicted octanol–water partition coefficient (Wildman–Crippen LogP) is 2.78. The molecule has 0 aliphatic carbocycles. The number of hydrogen-bond donors (Lipinski definition) is 0. The molecule has 0 atom stereocenters. The quantitative estimate of drug-likeness (QED) is 0.712. The number of carbonyl (C=O) groups excluding carboxylic acids is 1. The fraction of sp³-hybridized carbons (Fsp3) is 0.300. The molecule has 3 aromatic rings. The Balaban J connectivity index is 1.49. The summed E-state index contributed by atoms with van der Waals surface area (Å²) in [5.41, 5.74) is 2.84. The second-order valence-electron chi connectivity index (χ2n) is 6.64. The van der Waals surface area contributed by atoms with Gasteiger partial charge in [0.05, 0.1) is 5.56 Å². The van der Waals surface area contributed by atoms with Gasteiger partial charge in [-0.05, 0) is 24.6 Å². The van der Waals surface area contributed by atoms with E-state index < -0.39 is 0 Å². The zero-order chi connectivity index (χ0) is 18.8. The van der Waals surface area contributed by atoms with Crippen LogP contribution in [0.4, 0.5) is 5.82 Å². The number of hydrogen-bond acceptors (Lipinski definition) is 6. The van der Waals surface area contributed by atoms with Crippen LogP contribution in [0.15, 0.2) is 47.1 Å². The number of piperazine rings is 1. The number of nitrogens with zero attached hydrogens (tertiary/aromatic N) is 5. The van der Waals surface area contributed by atoms with Crippen LogP contribution in [0, 0.1) is 6.92 Å². The van der Waals surface area contributed by atoms with E-state index in [0.29, 0.717) is 11.7 Å². The van der Waals surface area contributed by atoms with Crippen molar-refractivity contribution < 1.29 is 9.32 Å². The first-order chi connectivity index (χ1) is 13.1. The molecule has 1 fully saturated rings. The van der Waals surface area contributed by atoms with Gasteiger partial charge in [-0.2, -0.15) is 4.98 Å². The van der Waals surface area contributed by atoms with E-state index in [2.05, 4.69) is 20.0 Å². The van der Waals surface area contributed by atoms with Gasteiger partial charge in [0.25, 0.3) is 5.89 Å². The summed E-state index contributed by atoms with van der Waals surface area (Å²) in [4.78, 5) is 24.5. The van der Waals surface area contributed by atoms with Crippen molar-refractivity contribution in [1.82, 2.24) is 20.0 Å². The van der Waals surface area contributed by atoms with Crippen molar-refractivity contribution in [2.75, 3.05) is 31.1 Å². The summed E-state index contributed by atoms with van der Waals surface area (Å²) in [7, 11) is 0. The molecule has 1 amide bonds. The zero-order valence-electron chi connectivity index (χ0n) is 15.4. The van der Waals surface area contributed by atoms with Crippen LogP contribution in [0.1, 0.15) is 12.5 Å². The molecule has 0 unspecified atom stereocenters. The molecule has 7 heteroatoms. The van der Waals surface area contributed by atoms with Crippen molar-refractivity contribution in [3.63, 3.8) is 0 Å². The topological polar surface area (TPSA) is 75.4 Å². The Morgan fingerprint density at radius 2 is 1.85 bits per heavy atom. The number of pyridine rings is 1. The van der Waals surface area contributed by atoms with Crippen LogP contribution in [0.25, 0.3) is 22.8 Å². The third kappa shape index (κ3) is 3.53. The Bertz CT molecular complexity index is 943. The summed E-state index contributed by atoms with van der Waals surface area (Å²) in [6.07, 6.45) is 1.75. The lowest BCUT2D eigenvalue weighted by Gasteiger charge is -2.34. The average Bonchev–Trinajstić information content (AvgIpc) is 3.18. The van der Waals surface area contributed by atoms with E-state index in [1.54, 1.807) is 13.1 Å². The van der Waals surface area contributed by atoms with Crippen molar-refractivity contribution in [3.05, 3.63) is 48.2 Å². The maximum absolute atomic E-state index is 11.4. The van der Waals surface area contributed by atoms with Crippen LogP contribution in [-0.4, -0.2) is 52.1 Å². The van der Waals surface area contributed by atoms with Crippen LogP contribution in [0.2, 0.25) is 0 Å². The average molecular weight is 363 g/mol. The van der Waals surface area contributed by atoms with E-state index in [1.165, 1.54) is 0 Å². The third-order valence-corrected chi connectivity index (χ3v) is 4.86. The lowest BCUT2D eigenvalue weighted by molar-refractivity contribution is -0.129. The van der Waals surface area contributed by atoms with Crippen molar-refractivity contribution in [2.45, 2.75) is 13.8 Å². The molecule has 0 spiro atoms. The van der Waals surface area contributed by atoms with E-state index in [1.807, 2.05) is 48.2 Å². The van der Waals surface area contributed by atoms with Gasteiger partial charge >= 0.3 is 0 Å². The van der Waals surface area contributed by atoms with E-state index in [-0.39, 0.29) is 5.91 Å². The summed E-state index contributed by atoms with van der Waals surface area (Å²) < 4.78 is 5.43. The number of carbonyl (C=O) groups is 1. The van der Waals surface area contributed by atoms with Crippen LogP contribution in [-0.2, 0) is 4.79 Å². The molecule has 0 radical (unpaired) electrons. The lowest BCUT2D eigenvalue weighted by Crippen LogP contribution is -2.48. The fourth-order valence-electron chi connectivity index (χ4n) is 3.22. The van der Waals surface area contributed by atoms with Gasteiger partial charge in [-0.25, -0.2) is 4.98 Å². The SMILES string of the molecule is CC(=O)N1CCN(c2ccc(-c3nc(-c4ccccc4C)no3)cn2)CC1. The van der Waals surface area contributed by atoms with Gasteiger partial charge in [-0.15, -0.1) is 0 Å². The molecule has 4 rings (SSSR count). The van der Waals surface area contributed by atoms with E-state index in [4.69, 9.17) is 4.52 Å². The molecular weight excluding hydrogens is 342 g/mol. The number of aromatic nitrogens is 3. The second-order valence-corrected chi connectivity index (χ2v) is 6.64. The number of anilines is 1. The smallest absolute Gasteiger partial charge is 0.259 e. The monoisotopic (exact) mass is 363 g/mol. The highest BCUT2D eigenvalue weighted by Crippen LogP contribution is 2.25. The van der Waals surface area contributed by atoms with Gasteiger partial charge in [0, 0.05) is 44.9 Å². The molecule has 7 nitrogen and oxygen atoms in total. The maximum atomic E-state index is 11.4. The molecule has 1 aliphatic heterocycles. The summed E-state index contributed by atoms with van der Waals surface area (Å²) in [5.74, 6) is 2.04. The molecule has 0 bridgehead atoms. The normalized spacial score (nSPS) is 14.4. The number of benzene rings is 1. The predicted molar refractivity (Wildman–Crippen MR) is 102 cm³/mol. The minimum absolute atomic E-state index is 0.124. The first-order valence-electron chi connectivity index (χ1n) is 8.98. The summed E-state index contributed by atoms with van der Waals surface area (Å²) in [6, 6.07) is 11.8. The molecular formula is C20H21N5O2. The molecule has 27 heavy (non-hydrogen) atoms.